The minimum atomic E-state index is -0.201. The normalized spacial score (nSPS) is 12.9. The Morgan fingerprint density at radius 3 is 3.12 bits per heavy atom. The number of hydrogen-bond donors (Lipinski definition) is 3. The standard InChI is InChI=1S/C9H15N7/c1-2-3-16-5-7(4-13-16)8(14-10)9-11-6-12-15-9/h4-6,8,14H,2-3,10H2,1H3,(H,11,12,15). The first-order chi connectivity index (χ1) is 7.85. The Morgan fingerprint density at radius 2 is 2.50 bits per heavy atom. The van der Waals surface area contributed by atoms with Crippen LogP contribution in [0.25, 0.3) is 0 Å². The summed E-state index contributed by atoms with van der Waals surface area (Å²) >= 11 is 0. The third kappa shape index (κ3) is 2.10. The van der Waals surface area contributed by atoms with E-state index in [1.54, 1.807) is 6.20 Å². The Labute approximate surface area is 93.0 Å². The summed E-state index contributed by atoms with van der Waals surface area (Å²) < 4.78 is 1.88. The van der Waals surface area contributed by atoms with Crippen molar-refractivity contribution in [2.75, 3.05) is 0 Å². The van der Waals surface area contributed by atoms with Crippen LogP contribution in [0, 0.1) is 0 Å². The number of H-pyrrole nitrogens is 1. The Balaban J connectivity index is 2.20. The molecule has 16 heavy (non-hydrogen) atoms. The van der Waals surface area contributed by atoms with E-state index in [9.17, 15) is 0 Å². The molecular formula is C9H15N7. The second kappa shape index (κ2) is 4.86. The van der Waals surface area contributed by atoms with Crippen molar-refractivity contribution in [2.45, 2.75) is 25.9 Å². The van der Waals surface area contributed by atoms with Gasteiger partial charge in [-0.1, -0.05) is 6.92 Å². The number of nitrogens with zero attached hydrogens (tertiary/aromatic N) is 4. The quantitative estimate of drug-likeness (QED) is 0.486. The van der Waals surface area contributed by atoms with Crippen molar-refractivity contribution < 1.29 is 0 Å². The predicted molar refractivity (Wildman–Crippen MR) is 58.1 cm³/mol. The third-order valence-electron chi connectivity index (χ3n) is 2.31. The third-order valence-corrected chi connectivity index (χ3v) is 2.31. The molecule has 0 aliphatic rings. The van der Waals surface area contributed by atoms with E-state index >= 15 is 0 Å². The molecule has 0 aromatic carbocycles. The minimum Gasteiger partial charge on any atom is -0.272 e. The van der Waals surface area contributed by atoms with E-state index in [0.717, 1.165) is 18.5 Å². The predicted octanol–water partition coefficient (Wildman–Crippen LogP) is -0.0361. The highest BCUT2D eigenvalue weighted by molar-refractivity contribution is 5.18. The molecule has 0 saturated carbocycles. The Morgan fingerprint density at radius 1 is 1.62 bits per heavy atom. The van der Waals surface area contributed by atoms with Gasteiger partial charge >= 0.3 is 0 Å². The van der Waals surface area contributed by atoms with Crippen LogP contribution < -0.4 is 11.3 Å². The molecular weight excluding hydrogens is 206 g/mol. The average Bonchev–Trinajstić information content (AvgIpc) is 2.92. The summed E-state index contributed by atoms with van der Waals surface area (Å²) in [6.07, 6.45) is 6.24. The first-order valence-electron chi connectivity index (χ1n) is 5.19. The molecule has 0 fully saturated rings. The van der Waals surface area contributed by atoms with E-state index in [1.807, 2.05) is 10.9 Å². The highest BCUT2D eigenvalue weighted by Crippen LogP contribution is 2.16. The van der Waals surface area contributed by atoms with Gasteiger partial charge in [-0.15, -0.1) is 0 Å². The lowest BCUT2D eigenvalue weighted by Crippen LogP contribution is -2.29. The topological polar surface area (TPSA) is 97.4 Å². The van der Waals surface area contributed by atoms with Crippen LogP contribution >= 0.6 is 0 Å². The van der Waals surface area contributed by atoms with Gasteiger partial charge in [0.15, 0.2) is 0 Å². The summed E-state index contributed by atoms with van der Waals surface area (Å²) in [6, 6.07) is -0.201. The molecule has 0 spiro atoms. The highest BCUT2D eigenvalue weighted by Gasteiger charge is 2.16. The largest absolute Gasteiger partial charge is 0.272 e. The molecule has 2 heterocycles. The Bertz CT molecular complexity index is 419. The molecule has 0 amide bonds. The number of aromatic nitrogens is 5. The first-order valence-corrected chi connectivity index (χ1v) is 5.19. The lowest BCUT2D eigenvalue weighted by Gasteiger charge is -2.09. The summed E-state index contributed by atoms with van der Waals surface area (Å²) in [6.45, 7) is 3.00. The molecule has 0 bridgehead atoms. The van der Waals surface area contributed by atoms with Gasteiger partial charge in [0.2, 0.25) is 0 Å². The molecule has 2 aromatic rings. The Hall–Kier alpha value is -1.73. The van der Waals surface area contributed by atoms with E-state index in [0.29, 0.717) is 5.82 Å². The van der Waals surface area contributed by atoms with Gasteiger partial charge in [-0.3, -0.25) is 15.6 Å². The van der Waals surface area contributed by atoms with Crippen LogP contribution in [0.1, 0.15) is 30.8 Å². The number of aryl methyl sites for hydroxylation is 1. The fourth-order valence-electron chi connectivity index (χ4n) is 1.57. The van der Waals surface area contributed by atoms with E-state index < -0.39 is 0 Å². The van der Waals surface area contributed by atoms with Gasteiger partial charge in [0.1, 0.15) is 18.2 Å². The fourth-order valence-corrected chi connectivity index (χ4v) is 1.57. The minimum absolute atomic E-state index is 0.201. The van der Waals surface area contributed by atoms with E-state index in [1.165, 1.54) is 6.33 Å². The van der Waals surface area contributed by atoms with Crippen molar-refractivity contribution in [3.63, 3.8) is 0 Å². The molecule has 0 aliphatic carbocycles. The average molecular weight is 221 g/mol. The summed E-state index contributed by atoms with van der Waals surface area (Å²) in [5.41, 5.74) is 3.65. The van der Waals surface area contributed by atoms with Crippen molar-refractivity contribution in [3.05, 3.63) is 30.1 Å². The van der Waals surface area contributed by atoms with Gasteiger partial charge in [-0.25, -0.2) is 10.4 Å². The van der Waals surface area contributed by atoms with Crippen molar-refractivity contribution in [1.82, 2.24) is 30.4 Å². The second-order valence-electron chi connectivity index (χ2n) is 3.51. The molecule has 1 atom stereocenters. The first kappa shape index (κ1) is 10.8. The smallest absolute Gasteiger partial charge is 0.147 e. The van der Waals surface area contributed by atoms with Gasteiger partial charge in [-0.05, 0) is 6.42 Å². The molecule has 0 saturated heterocycles. The highest BCUT2D eigenvalue weighted by atomic mass is 15.3. The molecule has 0 radical (unpaired) electrons. The molecule has 7 heteroatoms. The summed E-state index contributed by atoms with van der Waals surface area (Å²) in [4.78, 5) is 4.07. The number of nitrogens with two attached hydrogens (primary N) is 1. The van der Waals surface area contributed by atoms with Crippen LogP contribution in [0.3, 0.4) is 0 Å². The monoisotopic (exact) mass is 221 g/mol. The number of aromatic amines is 1. The maximum absolute atomic E-state index is 5.50. The number of rotatable bonds is 5. The zero-order chi connectivity index (χ0) is 11.4. The van der Waals surface area contributed by atoms with Crippen LogP contribution in [0.15, 0.2) is 18.7 Å². The van der Waals surface area contributed by atoms with E-state index in [4.69, 9.17) is 5.84 Å². The summed E-state index contributed by atoms with van der Waals surface area (Å²) in [7, 11) is 0. The lowest BCUT2D eigenvalue weighted by atomic mass is 10.1. The van der Waals surface area contributed by atoms with Crippen molar-refractivity contribution in [3.8, 4) is 0 Å². The second-order valence-corrected chi connectivity index (χ2v) is 3.51. The zero-order valence-corrected chi connectivity index (χ0v) is 9.09. The van der Waals surface area contributed by atoms with Crippen molar-refractivity contribution >= 4 is 0 Å². The van der Waals surface area contributed by atoms with Crippen molar-refractivity contribution in [2.24, 2.45) is 5.84 Å². The van der Waals surface area contributed by atoms with Gasteiger partial charge in [0.25, 0.3) is 0 Å². The Kier molecular flexibility index (Phi) is 3.28. The van der Waals surface area contributed by atoms with Gasteiger partial charge in [-0.2, -0.15) is 10.2 Å². The summed E-state index contributed by atoms with van der Waals surface area (Å²) in [5, 5.41) is 10.8. The molecule has 86 valence electrons. The van der Waals surface area contributed by atoms with Crippen LogP contribution in [0.4, 0.5) is 0 Å². The molecule has 2 rings (SSSR count). The maximum Gasteiger partial charge on any atom is 0.147 e. The van der Waals surface area contributed by atoms with Gasteiger partial charge in [0.05, 0.1) is 6.20 Å². The van der Waals surface area contributed by atoms with Crippen LogP contribution in [0.2, 0.25) is 0 Å². The van der Waals surface area contributed by atoms with Gasteiger partial charge in [0, 0.05) is 18.3 Å². The lowest BCUT2D eigenvalue weighted by molar-refractivity contribution is 0.590. The van der Waals surface area contributed by atoms with E-state index in [2.05, 4.69) is 32.6 Å². The SMILES string of the molecule is CCCn1cc(C(NN)c2ncn[nH]2)cn1. The van der Waals surface area contributed by atoms with Gasteiger partial charge < -0.3 is 0 Å². The zero-order valence-electron chi connectivity index (χ0n) is 9.09. The van der Waals surface area contributed by atoms with Crippen molar-refractivity contribution in [1.29, 1.82) is 0 Å². The van der Waals surface area contributed by atoms with Crippen LogP contribution in [-0.4, -0.2) is 25.0 Å². The molecule has 0 aliphatic heterocycles. The van der Waals surface area contributed by atoms with Crippen LogP contribution in [-0.2, 0) is 6.54 Å². The molecule has 2 aromatic heterocycles. The molecule has 7 nitrogen and oxygen atoms in total. The van der Waals surface area contributed by atoms with Crippen LogP contribution in [0.5, 0.6) is 0 Å². The number of hydrazine groups is 1. The molecule has 1 unspecified atom stereocenters. The fraction of sp³-hybridized carbons (Fsp3) is 0.444. The van der Waals surface area contributed by atoms with E-state index in [-0.39, 0.29) is 6.04 Å². The number of nitrogens with one attached hydrogen (secondary N) is 2. The maximum atomic E-state index is 5.50. The number of hydrogen-bond acceptors (Lipinski definition) is 5. The molecule has 4 N–H and O–H groups in total. The summed E-state index contributed by atoms with van der Waals surface area (Å²) in [5.74, 6) is 6.18.